The first-order valence-corrected chi connectivity index (χ1v) is 8.12. The highest BCUT2D eigenvalue weighted by atomic mass is 32.2. The number of rotatable bonds is 2. The Morgan fingerprint density at radius 1 is 1.16 bits per heavy atom. The van der Waals surface area contributed by atoms with Crippen molar-refractivity contribution in [3.05, 3.63) is 12.4 Å². The summed E-state index contributed by atoms with van der Waals surface area (Å²) in [5.41, 5.74) is 5.40. The van der Waals surface area contributed by atoms with E-state index < -0.39 is 10.0 Å². The van der Waals surface area contributed by atoms with Gasteiger partial charge in [0, 0.05) is 12.6 Å². The molecule has 1 saturated carbocycles. The van der Waals surface area contributed by atoms with Gasteiger partial charge >= 0.3 is 0 Å². The molecule has 104 valence electrons. The minimum absolute atomic E-state index is 0.0934. The van der Waals surface area contributed by atoms with E-state index in [-0.39, 0.29) is 16.9 Å². The van der Waals surface area contributed by atoms with Crippen LogP contribution in [0.1, 0.15) is 32.1 Å². The largest absolute Gasteiger partial charge is 0.368 e. The first-order chi connectivity index (χ1) is 9.09. The molecule has 6 nitrogen and oxygen atoms in total. The normalized spacial score (nSPS) is 28.2. The Bertz CT molecular complexity index is 558. The minimum Gasteiger partial charge on any atom is -0.368 e. The Morgan fingerprint density at radius 2 is 1.84 bits per heavy atom. The van der Waals surface area contributed by atoms with E-state index in [9.17, 15) is 8.42 Å². The van der Waals surface area contributed by atoms with Crippen molar-refractivity contribution in [1.29, 1.82) is 0 Å². The molecular weight excluding hydrogens is 264 g/mol. The maximum atomic E-state index is 12.6. The summed E-state index contributed by atoms with van der Waals surface area (Å²) in [7, 11) is -3.47. The molecule has 1 aliphatic carbocycles. The monoisotopic (exact) mass is 282 g/mol. The van der Waals surface area contributed by atoms with E-state index in [4.69, 9.17) is 5.73 Å². The van der Waals surface area contributed by atoms with Crippen LogP contribution in [0.5, 0.6) is 0 Å². The smallest absolute Gasteiger partial charge is 0.246 e. The van der Waals surface area contributed by atoms with E-state index in [0.717, 1.165) is 25.7 Å². The van der Waals surface area contributed by atoms with Gasteiger partial charge in [-0.15, -0.1) is 0 Å². The summed E-state index contributed by atoms with van der Waals surface area (Å²) in [5, 5.41) is 0. The number of fused-ring (bicyclic) bond motifs is 1. The first-order valence-electron chi connectivity index (χ1n) is 6.68. The lowest BCUT2D eigenvalue weighted by molar-refractivity contribution is 0.260. The van der Waals surface area contributed by atoms with Gasteiger partial charge in [-0.25, -0.2) is 18.4 Å². The van der Waals surface area contributed by atoms with Crippen molar-refractivity contribution in [3.8, 4) is 0 Å². The zero-order valence-corrected chi connectivity index (χ0v) is 11.5. The van der Waals surface area contributed by atoms with Gasteiger partial charge in [-0.1, -0.05) is 12.8 Å². The van der Waals surface area contributed by atoms with Crippen LogP contribution in [0.15, 0.2) is 17.3 Å². The Kier molecular flexibility index (Phi) is 3.18. The number of anilines is 1. The van der Waals surface area contributed by atoms with Gasteiger partial charge in [0.1, 0.15) is 4.90 Å². The molecule has 3 rings (SSSR count). The van der Waals surface area contributed by atoms with Crippen molar-refractivity contribution in [2.75, 3.05) is 12.3 Å². The molecule has 0 spiro atoms. The highest BCUT2D eigenvalue weighted by Gasteiger charge is 2.42. The molecule has 2 heterocycles. The van der Waals surface area contributed by atoms with Gasteiger partial charge < -0.3 is 5.73 Å². The zero-order valence-electron chi connectivity index (χ0n) is 10.7. The van der Waals surface area contributed by atoms with Crippen LogP contribution in [0.4, 0.5) is 5.95 Å². The van der Waals surface area contributed by atoms with Gasteiger partial charge in [0.25, 0.3) is 0 Å². The van der Waals surface area contributed by atoms with E-state index in [1.54, 1.807) is 4.31 Å². The molecule has 0 radical (unpaired) electrons. The summed E-state index contributed by atoms with van der Waals surface area (Å²) >= 11 is 0. The van der Waals surface area contributed by atoms with Crippen LogP contribution in [-0.2, 0) is 10.0 Å². The molecule has 1 aliphatic heterocycles. The molecule has 2 aliphatic rings. The summed E-state index contributed by atoms with van der Waals surface area (Å²) in [4.78, 5) is 7.71. The number of sulfonamides is 1. The number of nitrogens with two attached hydrogens (primary N) is 1. The first kappa shape index (κ1) is 12.8. The van der Waals surface area contributed by atoms with Crippen molar-refractivity contribution in [1.82, 2.24) is 14.3 Å². The third-order valence-corrected chi connectivity index (χ3v) is 6.09. The van der Waals surface area contributed by atoms with Crippen LogP contribution in [0.3, 0.4) is 0 Å². The molecule has 7 heteroatoms. The van der Waals surface area contributed by atoms with Gasteiger partial charge in [0.15, 0.2) is 0 Å². The molecule has 2 atom stereocenters. The van der Waals surface area contributed by atoms with E-state index in [1.807, 2.05) is 0 Å². The number of nitrogens with zero attached hydrogens (tertiary/aromatic N) is 3. The number of nitrogen functional groups attached to an aromatic ring is 1. The van der Waals surface area contributed by atoms with E-state index in [0.29, 0.717) is 12.5 Å². The minimum atomic E-state index is -3.47. The molecule has 0 amide bonds. The SMILES string of the molecule is Nc1ncc(S(=O)(=O)N2CCC3CCCCC32)cn1. The van der Waals surface area contributed by atoms with Crippen molar-refractivity contribution in [2.24, 2.45) is 5.92 Å². The Morgan fingerprint density at radius 3 is 2.58 bits per heavy atom. The van der Waals surface area contributed by atoms with Gasteiger partial charge in [-0.3, -0.25) is 0 Å². The lowest BCUT2D eigenvalue weighted by atomic mass is 9.86. The van der Waals surface area contributed by atoms with Gasteiger partial charge in [-0.05, 0) is 25.2 Å². The average molecular weight is 282 g/mol. The molecule has 19 heavy (non-hydrogen) atoms. The fraction of sp³-hybridized carbons (Fsp3) is 0.667. The topological polar surface area (TPSA) is 89.2 Å². The van der Waals surface area contributed by atoms with Gasteiger partial charge in [0.05, 0.1) is 12.4 Å². The quantitative estimate of drug-likeness (QED) is 0.874. The van der Waals surface area contributed by atoms with Crippen molar-refractivity contribution >= 4 is 16.0 Å². The third kappa shape index (κ3) is 2.21. The van der Waals surface area contributed by atoms with Crippen molar-refractivity contribution in [2.45, 2.75) is 43.0 Å². The van der Waals surface area contributed by atoms with Crippen LogP contribution >= 0.6 is 0 Å². The maximum absolute atomic E-state index is 12.6. The lowest BCUT2D eigenvalue weighted by Crippen LogP contribution is -2.39. The van der Waals surface area contributed by atoms with E-state index in [2.05, 4.69) is 9.97 Å². The standard InChI is InChI=1S/C12H18N4O2S/c13-12-14-7-10(8-15-12)19(17,18)16-6-5-9-3-1-2-4-11(9)16/h7-9,11H,1-6H2,(H2,13,14,15). The predicted molar refractivity (Wildman–Crippen MR) is 70.7 cm³/mol. The van der Waals surface area contributed by atoms with Crippen LogP contribution in [0, 0.1) is 5.92 Å². The Balaban J connectivity index is 1.90. The molecule has 0 aromatic carbocycles. The highest BCUT2D eigenvalue weighted by molar-refractivity contribution is 7.89. The lowest BCUT2D eigenvalue weighted by Gasteiger charge is -2.30. The Labute approximate surface area is 113 Å². The molecule has 1 aromatic heterocycles. The zero-order chi connectivity index (χ0) is 13.5. The van der Waals surface area contributed by atoms with Crippen LogP contribution < -0.4 is 5.73 Å². The number of aromatic nitrogens is 2. The summed E-state index contributed by atoms with van der Waals surface area (Å²) in [6, 6.07) is 0.163. The molecule has 1 saturated heterocycles. The molecule has 0 bridgehead atoms. The van der Waals surface area contributed by atoms with Gasteiger partial charge in [-0.2, -0.15) is 4.31 Å². The van der Waals surface area contributed by atoms with E-state index in [1.165, 1.54) is 18.8 Å². The number of hydrogen-bond acceptors (Lipinski definition) is 5. The molecule has 2 unspecified atom stereocenters. The average Bonchev–Trinajstić information content (AvgIpc) is 2.83. The summed E-state index contributed by atoms with van der Waals surface area (Å²) in [5.74, 6) is 0.620. The summed E-state index contributed by atoms with van der Waals surface area (Å²) < 4.78 is 26.9. The second-order valence-electron chi connectivity index (χ2n) is 5.29. The third-order valence-electron chi connectivity index (χ3n) is 4.21. The predicted octanol–water partition coefficient (Wildman–Crippen LogP) is 1.01. The van der Waals surface area contributed by atoms with Crippen LogP contribution in [-0.4, -0.2) is 35.3 Å². The van der Waals surface area contributed by atoms with E-state index >= 15 is 0 Å². The fourth-order valence-electron chi connectivity index (χ4n) is 3.26. The summed E-state index contributed by atoms with van der Waals surface area (Å²) in [6.07, 6.45) is 8.03. The second-order valence-corrected chi connectivity index (χ2v) is 7.18. The Hall–Kier alpha value is -1.21. The fourth-order valence-corrected chi connectivity index (χ4v) is 4.88. The maximum Gasteiger partial charge on any atom is 0.246 e. The van der Waals surface area contributed by atoms with Crippen LogP contribution in [0.2, 0.25) is 0 Å². The molecule has 2 N–H and O–H groups in total. The van der Waals surface area contributed by atoms with Gasteiger partial charge in [0.2, 0.25) is 16.0 Å². The van der Waals surface area contributed by atoms with Crippen molar-refractivity contribution in [3.63, 3.8) is 0 Å². The highest BCUT2D eigenvalue weighted by Crippen LogP contribution is 2.38. The number of hydrogen-bond donors (Lipinski definition) is 1. The molecule has 2 fully saturated rings. The molecule has 1 aromatic rings. The van der Waals surface area contributed by atoms with Crippen LogP contribution in [0.25, 0.3) is 0 Å². The summed E-state index contributed by atoms with van der Waals surface area (Å²) in [6.45, 7) is 0.613. The van der Waals surface area contributed by atoms with Crippen molar-refractivity contribution < 1.29 is 8.42 Å². The second kappa shape index (κ2) is 4.72. The molecular formula is C12H18N4O2S.